The lowest BCUT2D eigenvalue weighted by Gasteiger charge is -2.38. The zero-order chi connectivity index (χ0) is 25.0. The molecule has 4 heterocycles. The summed E-state index contributed by atoms with van der Waals surface area (Å²) in [4.78, 5) is 7.44. The molecule has 3 aromatic heterocycles. The van der Waals surface area contributed by atoms with Crippen LogP contribution in [-0.2, 0) is 10.3 Å². The average molecular weight is 491 g/mol. The summed E-state index contributed by atoms with van der Waals surface area (Å²) in [6.45, 7) is 2.42. The number of fused-ring (bicyclic) bond motifs is 3. The average Bonchev–Trinajstić information content (AvgIpc) is 3.36. The fourth-order valence-electron chi connectivity index (χ4n) is 5.63. The Labute approximate surface area is 215 Å². The number of benzene rings is 2. The van der Waals surface area contributed by atoms with E-state index in [1.807, 2.05) is 12.3 Å². The van der Waals surface area contributed by atoms with Gasteiger partial charge >= 0.3 is 0 Å². The molecule has 7 nitrogen and oxygen atoms in total. The smallest absolute Gasteiger partial charge is 0.170 e. The SMILES string of the molecule is CN1CCOC(c2nnc3c4cc(-c5ccccc5)c(-c5ccc(C6(N)CCC6)cc5)nc4ccn23)C1. The predicted molar refractivity (Wildman–Crippen MR) is 145 cm³/mol. The monoisotopic (exact) mass is 490 g/mol. The second-order valence-corrected chi connectivity index (χ2v) is 10.5. The molecule has 2 aliphatic rings. The molecule has 2 N–H and O–H groups in total. The molecule has 5 aromatic rings. The number of rotatable bonds is 4. The van der Waals surface area contributed by atoms with Crippen molar-refractivity contribution in [3.8, 4) is 22.4 Å². The Hall–Kier alpha value is -3.65. The summed E-state index contributed by atoms with van der Waals surface area (Å²) in [6, 6.07) is 23.3. The van der Waals surface area contributed by atoms with Crippen molar-refractivity contribution in [2.45, 2.75) is 30.9 Å². The summed E-state index contributed by atoms with van der Waals surface area (Å²) in [5.41, 5.74) is 13.5. The van der Waals surface area contributed by atoms with Gasteiger partial charge in [-0.05, 0) is 49.6 Å². The molecular formula is C30H30N6O. The number of aromatic nitrogens is 4. The summed E-state index contributed by atoms with van der Waals surface area (Å²) >= 11 is 0. The van der Waals surface area contributed by atoms with E-state index in [0.717, 1.165) is 70.7 Å². The normalized spacial score (nSPS) is 19.8. The second kappa shape index (κ2) is 8.73. The van der Waals surface area contributed by atoms with Crippen LogP contribution in [0.15, 0.2) is 72.9 Å². The van der Waals surface area contributed by atoms with Crippen molar-refractivity contribution in [2.75, 3.05) is 26.7 Å². The molecule has 1 aliphatic carbocycles. The molecule has 1 unspecified atom stereocenters. The van der Waals surface area contributed by atoms with E-state index in [2.05, 4.69) is 87.2 Å². The zero-order valence-corrected chi connectivity index (χ0v) is 21.0. The Bertz CT molecular complexity index is 1590. The Kier molecular flexibility index (Phi) is 5.32. The lowest BCUT2D eigenvalue weighted by Crippen LogP contribution is -2.43. The van der Waals surface area contributed by atoms with Gasteiger partial charge in [-0.25, -0.2) is 4.98 Å². The zero-order valence-electron chi connectivity index (χ0n) is 21.0. The molecule has 2 aromatic carbocycles. The first-order chi connectivity index (χ1) is 18.1. The summed E-state index contributed by atoms with van der Waals surface area (Å²) < 4.78 is 8.09. The van der Waals surface area contributed by atoms with Crippen LogP contribution in [0, 0.1) is 0 Å². The molecular weight excluding hydrogens is 460 g/mol. The van der Waals surface area contributed by atoms with E-state index in [1.165, 1.54) is 12.0 Å². The van der Waals surface area contributed by atoms with Gasteiger partial charge in [0.05, 0.1) is 17.8 Å². The summed E-state index contributed by atoms with van der Waals surface area (Å²) in [7, 11) is 2.11. The number of hydrogen-bond donors (Lipinski definition) is 1. The molecule has 186 valence electrons. The Morgan fingerprint density at radius 3 is 2.51 bits per heavy atom. The van der Waals surface area contributed by atoms with Gasteiger partial charge in [-0.3, -0.25) is 4.40 Å². The van der Waals surface area contributed by atoms with Gasteiger partial charge in [-0.1, -0.05) is 54.6 Å². The van der Waals surface area contributed by atoms with E-state index in [9.17, 15) is 0 Å². The highest BCUT2D eigenvalue weighted by Crippen LogP contribution is 2.40. The number of morpholine rings is 1. The second-order valence-electron chi connectivity index (χ2n) is 10.5. The fraction of sp³-hybridized carbons (Fsp3) is 0.300. The van der Waals surface area contributed by atoms with Gasteiger partial charge in [0.15, 0.2) is 11.5 Å². The standard InChI is InChI=1S/C30H30N6O/c1-35-16-17-37-26(19-35)29-34-33-28-24-18-23(20-6-3-2-4-7-20)27(32-25(24)12-15-36(28)29)21-8-10-22(11-9-21)30(31)13-5-14-30/h2-4,6-12,15,18,26H,5,13-14,16-17,19,31H2,1H3. The minimum atomic E-state index is -0.175. The van der Waals surface area contributed by atoms with Gasteiger partial charge in [-0.2, -0.15) is 0 Å². The van der Waals surface area contributed by atoms with E-state index in [0.29, 0.717) is 6.61 Å². The van der Waals surface area contributed by atoms with Crippen molar-refractivity contribution in [3.63, 3.8) is 0 Å². The number of nitrogens with two attached hydrogens (primary N) is 1. The number of likely N-dealkylation sites (N-methyl/N-ethyl adjacent to an activating group) is 1. The van der Waals surface area contributed by atoms with E-state index in [4.69, 9.17) is 15.5 Å². The first-order valence-corrected chi connectivity index (χ1v) is 13.0. The van der Waals surface area contributed by atoms with Gasteiger partial charge in [0, 0.05) is 41.3 Å². The predicted octanol–water partition coefficient (Wildman–Crippen LogP) is 4.95. The number of hydrogen-bond acceptors (Lipinski definition) is 6. The van der Waals surface area contributed by atoms with Crippen LogP contribution in [0.25, 0.3) is 38.9 Å². The van der Waals surface area contributed by atoms with Gasteiger partial charge in [0.1, 0.15) is 6.10 Å². The highest BCUT2D eigenvalue weighted by atomic mass is 16.5. The molecule has 0 amide bonds. The maximum absolute atomic E-state index is 6.58. The topological polar surface area (TPSA) is 81.6 Å². The van der Waals surface area contributed by atoms with Crippen LogP contribution in [0.2, 0.25) is 0 Å². The van der Waals surface area contributed by atoms with Crippen molar-refractivity contribution in [1.82, 2.24) is 24.5 Å². The van der Waals surface area contributed by atoms with Crippen LogP contribution in [-0.4, -0.2) is 51.2 Å². The maximum Gasteiger partial charge on any atom is 0.170 e. The maximum atomic E-state index is 6.58. The van der Waals surface area contributed by atoms with E-state index in [1.54, 1.807) is 0 Å². The molecule has 1 saturated carbocycles. The third-order valence-corrected chi connectivity index (χ3v) is 8.02. The van der Waals surface area contributed by atoms with Crippen LogP contribution in [0.3, 0.4) is 0 Å². The van der Waals surface area contributed by atoms with Crippen molar-refractivity contribution < 1.29 is 4.74 Å². The number of nitrogens with zero attached hydrogens (tertiary/aromatic N) is 5. The lowest BCUT2D eigenvalue weighted by atomic mass is 9.72. The molecule has 1 aliphatic heterocycles. The molecule has 0 spiro atoms. The van der Waals surface area contributed by atoms with Gasteiger partial charge in [0.25, 0.3) is 0 Å². The van der Waals surface area contributed by atoms with Crippen LogP contribution in [0.4, 0.5) is 0 Å². The molecule has 1 saturated heterocycles. The molecule has 7 heteroatoms. The van der Waals surface area contributed by atoms with Crippen LogP contribution < -0.4 is 5.73 Å². The quantitative estimate of drug-likeness (QED) is 0.384. The van der Waals surface area contributed by atoms with E-state index >= 15 is 0 Å². The van der Waals surface area contributed by atoms with Crippen molar-refractivity contribution in [1.29, 1.82) is 0 Å². The summed E-state index contributed by atoms with van der Waals surface area (Å²) in [5.74, 6) is 0.830. The largest absolute Gasteiger partial charge is 0.368 e. The Morgan fingerprint density at radius 2 is 1.78 bits per heavy atom. The van der Waals surface area contributed by atoms with Gasteiger partial charge < -0.3 is 15.4 Å². The molecule has 0 radical (unpaired) electrons. The highest BCUT2D eigenvalue weighted by molar-refractivity contribution is 5.98. The van der Waals surface area contributed by atoms with Gasteiger partial charge in [0.2, 0.25) is 0 Å². The Balaban J connectivity index is 1.38. The number of ether oxygens (including phenoxy) is 1. The van der Waals surface area contributed by atoms with Crippen LogP contribution >= 0.6 is 0 Å². The minimum absolute atomic E-state index is 0.105. The van der Waals surface area contributed by atoms with Crippen molar-refractivity contribution in [3.05, 3.63) is 84.3 Å². The molecule has 2 fully saturated rings. The lowest BCUT2D eigenvalue weighted by molar-refractivity contribution is -0.0259. The molecule has 7 rings (SSSR count). The number of pyridine rings is 2. The summed E-state index contributed by atoms with van der Waals surface area (Å²) in [5, 5.41) is 10.1. The highest BCUT2D eigenvalue weighted by Gasteiger charge is 2.34. The summed E-state index contributed by atoms with van der Waals surface area (Å²) in [6.07, 6.45) is 5.21. The Morgan fingerprint density at radius 1 is 0.973 bits per heavy atom. The van der Waals surface area contributed by atoms with Crippen molar-refractivity contribution in [2.24, 2.45) is 5.73 Å². The van der Waals surface area contributed by atoms with E-state index in [-0.39, 0.29) is 11.6 Å². The molecule has 1 atom stereocenters. The molecule has 0 bridgehead atoms. The van der Waals surface area contributed by atoms with Crippen LogP contribution in [0.5, 0.6) is 0 Å². The van der Waals surface area contributed by atoms with Gasteiger partial charge in [-0.15, -0.1) is 10.2 Å². The first-order valence-electron chi connectivity index (χ1n) is 13.0. The third kappa shape index (κ3) is 3.82. The fourth-order valence-corrected chi connectivity index (χ4v) is 5.63. The van der Waals surface area contributed by atoms with Crippen molar-refractivity contribution >= 4 is 16.6 Å². The minimum Gasteiger partial charge on any atom is -0.368 e. The third-order valence-electron chi connectivity index (χ3n) is 8.02. The van der Waals surface area contributed by atoms with E-state index < -0.39 is 0 Å². The first kappa shape index (κ1) is 22.5. The van der Waals surface area contributed by atoms with Crippen LogP contribution in [0.1, 0.15) is 36.8 Å². The molecule has 37 heavy (non-hydrogen) atoms.